The Morgan fingerprint density at radius 1 is 1.45 bits per heavy atom. The van der Waals surface area contributed by atoms with Crippen LogP contribution in [-0.4, -0.2) is 35.1 Å². The Balaban J connectivity index is 1.62. The molecule has 1 aliphatic heterocycles. The third-order valence-electron chi connectivity index (χ3n) is 3.73. The molecule has 1 unspecified atom stereocenters. The SMILES string of the molecule is Cc1[nH]c2ccccc2c1CCNC(=O)C1CSCN1. The van der Waals surface area contributed by atoms with E-state index in [1.54, 1.807) is 11.8 Å². The number of H-pyrrole nitrogens is 1. The maximum Gasteiger partial charge on any atom is 0.238 e. The van der Waals surface area contributed by atoms with Crippen LogP contribution in [0.2, 0.25) is 0 Å². The lowest BCUT2D eigenvalue weighted by molar-refractivity contribution is -0.122. The van der Waals surface area contributed by atoms with Crippen molar-refractivity contribution in [2.45, 2.75) is 19.4 Å². The summed E-state index contributed by atoms with van der Waals surface area (Å²) in [5.41, 5.74) is 3.66. The molecule has 3 N–H and O–H groups in total. The third-order valence-corrected chi connectivity index (χ3v) is 4.67. The van der Waals surface area contributed by atoms with Crippen molar-refractivity contribution in [2.24, 2.45) is 0 Å². The summed E-state index contributed by atoms with van der Waals surface area (Å²) in [7, 11) is 0. The summed E-state index contributed by atoms with van der Waals surface area (Å²) in [6, 6.07) is 8.28. The van der Waals surface area contributed by atoms with Gasteiger partial charge in [-0.15, -0.1) is 11.8 Å². The first-order valence-corrected chi connectivity index (χ1v) is 8.06. The quantitative estimate of drug-likeness (QED) is 0.804. The summed E-state index contributed by atoms with van der Waals surface area (Å²) in [6.45, 7) is 2.77. The van der Waals surface area contributed by atoms with E-state index in [2.05, 4.69) is 40.7 Å². The van der Waals surface area contributed by atoms with Gasteiger partial charge < -0.3 is 10.3 Å². The molecule has 1 atom stereocenters. The third kappa shape index (κ3) is 2.69. The summed E-state index contributed by atoms with van der Waals surface area (Å²) in [6.07, 6.45) is 0.863. The van der Waals surface area contributed by atoms with Crippen LogP contribution in [0.4, 0.5) is 0 Å². The van der Waals surface area contributed by atoms with E-state index in [0.29, 0.717) is 6.54 Å². The van der Waals surface area contributed by atoms with Crippen LogP contribution in [0.1, 0.15) is 11.3 Å². The lowest BCUT2D eigenvalue weighted by Crippen LogP contribution is -2.42. The van der Waals surface area contributed by atoms with Crippen molar-refractivity contribution < 1.29 is 4.79 Å². The highest BCUT2D eigenvalue weighted by molar-refractivity contribution is 7.99. The van der Waals surface area contributed by atoms with Gasteiger partial charge in [0.05, 0.1) is 6.04 Å². The number of rotatable bonds is 4. The van der Waals surface area contributed by atoms with Crippen LogP contribution in [0.5, 0.6) is 0 Å². The van der Waals surface area contributed by atoms with E-state index in [4.69, 9.17) is 0 Å². The number of carbonyl (C=O) groups excluding carboxylic acids is 1. The number of aromatic nitrogens is 1. The Hall–Kier alpha value is -1.46. The van der Waals surface area contributed by atoms with Crippen LogP contribution in [0, 0.1) is 6.92 Å². The van der Waals surface area contributed by atoms with Crippen LogP contribution in [0.25, 0.3) is 10.9 Å². The molecule has 1 saturated heterocycles. The lowest BCUT2D eigenvalue weighted by atomic mass is 10.1. The van der Waals surface area contributed by atoms with Crippen molar-refractivity contribution in [1.82, 2.24) is 15.6 Å². The molecule has 20 heavy (non-hydrogen) atoms. The van der Waals surface area contributed by atoms with Crippen molar-refractivity contribution in [2.75, 3.05) is 18.2 Å². The predicted molar refractivity (Wildman–Crippen MR) is 84.0 cm³/mol. The number of carbonyl (C=O) groups is 1. The van der Waals surface area contributed by atoms with E-state index >= 15 is 0 Å². The topological polar surface area (TPSA) is 56.9 Å². The summed E-state index contributed by atoms with van der Waals surface area (Å²) in [4.78, 5) is 15.3. The van der Waals surface area contributed by atoms with Gasteiger partial charge in [0.25, 0.3) is 0 Å². The normalized spacial score (nSPS) is 18.6. The molecule has 1 aromatic carbocycles. The number of hydrogen-bond donors (Lipinski definition) is 3. The molecule has 0 aliphatic carbocycles. The van der Waals surface area contributed by atoms with Gasteiger partial charge >= 0.3 is 0 Å². The average Bonchev–Trinajstić information content (AvgIpc) is 3.07. The zero-order valence-corrected chi connectivity index (χ0v) is 12.3. The first kappa shape index (κ1) is 13.5. The van der Waals surface area contributed by atoms with E-state index in [1.807, 2.05) is 6.07 Å². The number of nitrogens with one attached hydrogen (secondary N) is 3. The van der Waals surface area contributed by atoms with Gasteiger partial charge in [-0.3, -0.25) is 10.1 Å². The number of thioether (sulfide) groups is 1. The summed E-state index contributed by atoms with van der Waals surface area (Å²) < 4.78 is 0. The first-order valence-electron chi connectivity index (χ1n) is 6.91. The average molecular weight is 289 g/mol. The van der Waals surface area contributed by atoms with E-state index < -0.39 is 0 Å². The molecule has 5 heteroatoms. The van der Waals surface area contributed by atoms with Gasteiger partial charge in [-0.05, 0) is 25.0 Å². The van der Waals surface area contributed by atoms with Crippen LogP contribution in [0.15, 0.2) is 24.3 Å². The van der Waals surface area contributed by atoms with Crippen molar-refractivity contribution in [1.29, 1.82) is 0 Å². The molecule has 2 heterocycles. The molecule has 3 rings (SSSR count). The molecule has 0 bridgehead atoms. The molecule has 1 aromatic heterocycles. The van der Waals surface area contributed by atoms with Crippen LogP contribution in [0.3, 0.4) is 0 Å². The van der Waals surface area contributed by atoms with E-state index in [9.17, 15) is 4.79 Å². The minimum absolute atomic E-state index is 0.0240. The number of para-hydroxylation sites is 1. The molecule has 0 spiro atoms. The van der Waals surface area contributed by atoms with Crippen molar-refractivity contribution in [3.63, 3.8) is 0 Å². The molecular weight excluding hydrogens is 270 g/mol. The van der Waals surface area contributed by atoms with Gasteiger partial charge in [0, 0.05) is 34.8 Å². The monoisotopic (exact) mass is 289 g/mol. The molecule has 4 nitrogen and oxygen atoms in total. The second kappa shape index (κ2) is 5.89. The number of aromatic amines is 1. The minimum Gasteiger partial charge on any atom is -0.358 e. The molecular formula is C15H19N3OS. The smallest absolute Gasteiger partial charge is 0.238 e. The highest BCUT2D eigenvalue weighted by atomic mass is 32.2. The molecule has 1 fully saturated rings. The highest BCUT2D eigenvalue weighted by Crippen LogP contribution is 2.21. The molecule has 1 aliphatic rings. The van der Waals surface area contributed by atoms with Crippen LogP contribution in [-0.2, 0) is 11.2 Å². The minimum atomic E-state index is -0.0240. The molecule has 106 valence electrons. The fraction of sp³-hybridized carbons (Fsp3) is 0.400. The molecule has 2 aromatic rings. The van der Waals surface area contributed by atoms with Crippen LogP contribution >= 0.6 is 11.8 Å². The van der Waals surface area contributed by atoms with E-state index in [-0.39, 0.29) is 11.9 Å². The summed E-state index contributed by atoms with van der Waals surface area (Å²) in [5.74, 6) is 1.87. The fourth-order valence-electron chi connectivity index (χ4n) is 2.65. The molecule has 0 saturated carbocycles. The molecule has 1 amide bonds. The second-order valence-electron chi connectivity index (χ2n) is 5.09. The summed E-state index contributed by atoms with van der Waals surface area (Å²) >= 11 is 1.77. The Bertz CT molecular complexity index is 617. The number of benzene rings is 1. The maximum atomic E-state index is 11.9. The summed E-state index contributed by atoms with van der Waals surface area (Å²) in [5, 5.41) is 7.47. The number of fused-ring (bicyclic) bond motifs is 1. The Kier molecular flexibility index (Phi) is 3.98. The maximum absolute atomic E-state index is 11.9. The van der Waals surface area contributed by atoms with E-state index in [0.717, 1.165) is 18.1 Å². The number of hydrogen-bond acceptors (Lipinski definition) is 3. The number of aryl methyl sites for hydroxylation is 1. The molecule has 0 radical (unpaired) electrons. The van der Waals surface area contributed by atoms with Crippen molar-refractivity contribution >= 4 is 28.6 Å². The first-order chi connectivity index (χ1) is 9.75. The van der Waals surface area contributed by atoms with Gasteiger partial charge in [0.15, 0.2) is 0 Å². The number of amides is 1. The van der Waals surface area contributed by atoms with Gasteiger partial charge in [-0.2, -0.15) is 0 Å². The second-order valence-corrected chi connectivity index (χ2v) is 6.12. The zero-order valence-electron chi connectivity index (χ0n) is 11.5. The van der Waals surface area contributed by atoms with Gasteiger partial charge in [0.2, 0.25) is 5.91 Å². The van der Waals surface area contributed by atoms with Crippen LogP contribution < -0.4 is 10.6 Å². The zero-order chi connectivity index (χ0) is 13.9. The highest BCUT2D eigenvalue weighted by Gasteiger charge is 2.21. The Labute approximate surface area is 122 Å². The predicted octanol–water partition coefficient (Wildman–Crippen LogP) is 1.80. The van der Waals surface area contributed by atoms with Crippen molar-refractivity contribution in [3.8, 4) is 0 Å². The van der Waals surface area contributed by atoms with Gasteiger partial charge in [-0.25, -0.2) is 0 Å². The van der Waals surface area contributed by atoms with Gasteiger partial charge in [-0.1, -0.05) is 18.2 Å². The Morgan fingerprint density at radius 2 is 2.30 bits per heavy atom. The Morgan fingerprint density at radius 3 is 3.10 bits per heavy atom. The van der Waals surface area contributed by atoms with E-state index in [1.165, 1.54) is 22.2 Å². The lowest BCUT2D eigenvalue weighted by Gasteiger charge is -2.10. The van der Waals surface area contributed by atoms with Gasteiger partial charge in [0.1, 0.15) is 0 Å². The fourth-order valence-corrected chi connectivity index (χ4v) is 3.60. The van der Waals surface area contributed by atoms with Crippen molar-refractivity contribution in [3.05, 3.63) is 35.5 Å². The standard InChI is InChI=1S/C15H19N3OS/c1-10-11(12-4-2-3-5-13(12)18-10)6-7-16-15(19)14-8-20-9-17-14/h2-5,14,17-18H,6-9H2,1H3,(H,16,19). The largest absolute Gasteiger partial charge is 0.358 e.